The van der Waals surface area contributed by atoms with E-state index in [1.54, 1.807) is 0 Å². The standard InChI is InChI=1S/C13H21ClO5/c1-13(2,3)19-11(15)9-4-6-10(7-5-9)18-12(16)17-8-14/h9-10H,4-8H2,1-3H3/t9-,10-. The first kappa shape index (κ1) is 16.1. The van der Waals surface area contributed by atoms with E-state index in [0.717, 1.165) is 0 Å². The molecule has 0 aliphatic heterocycles. The Hall–Kier alpha value is -0.970. The van der Waals surface area contributed by atoms with Crippen molar-refractivity contribution < 1.29 is 23.8 Å². The predicted octanol–water partition coefficient (Wildman–Crippen LogP) is 3.24. The van der Waals surface area contributed by atoms with Crippen LogP contribution in [0.5, 0.6) is 0 Å². The summed E-state index contributed by atoms with van der Waals surface area (Å²) < 4.78 is 14.9. The van der Waals surface area contributed by atoms with Crippen LogP contribution in [0.2, 0.25) is 0 Å². The van der Waals surface area contributed by atoms with Crippen molar-refractivity contribution in [2.75, 3.05) is 6.07 Å². The minimum atomic E-state index is -0.754. The summed E-state index contributed by atoms with van der Waals surface area (Å²) in [4.78, 5) is 23.0. The molecule has 0 atom stereocenters. The minimum Gasteiger partial charge on any atom is -0.460 e. The topological polar surface area (TPSA) is 61.8 Å². The molecule has 0 aromatic heterocycles. The Balaban J connectivity index is 2.32. The SMILES string of the molecule is CC(C)(C)OC(=O)[C@H]1CC[C@H](OC(=O)OCCl)CC1. The maximum atomic E-state index is 11.9. The monoisotopic (exact) mass is 292 g/mol. The van der Waals surface area contributed by atoms with Crippen LogP contribution in [0.1, 0.15) is 46.5 Å². The van der Waals surface area contributed by atoms with Crippen LogP contribution in [-0.2, 0) is 19.0 Å². The van der Waals surface area contributed by atoms with E-state index in [1.165, 1.54) is 0 Å². The Morgan fingerprint density at radius 3 is 2.21 bits per heavy atom. The van der Waals surface area contributed by atoms with Gasteiger partial charge >= 0.3 is 12.1 Å². The fraction of sp³-hybridized carbons (Fsp3) is 0.846. The zero-order valence-electron chi connectivity index (χ0n) is 11.6. The molecule has 0 aromatic rings. The fourth-order valence-corrected chi connectivity index (χ4v) is 2.11. The summed E-state index contributed by atoms with van der Waals surface area (Å²) in [5.41, 5.74) is -0.464. The van der Waals surface area contributed by atoms with Crippen LogP contribution >= 0.6 is 11.6 Å². The zero-order chi connectivity index (χ0) is 14.5. The lowest BCUT2D eigenvalue weighted by Crippen LogP contribution is -2.33. The molecule has 6 heteroatoms. The third-order valence-corrected chi connectivity index (χ3v) is 2.96. The molecule has 1 saturated carbocycles. The average molecular weight is 293 g/mol. The van der Waals surface area contributed by atoms with E-state index < -0.39 is 11.8 Å². The third-order valence-electron chi connectivity index (χ3n) is 2.85. The van der Waals surface area contributed by atoms with Gasteiger partial charge in [-0.15, -0.1) is 0 Å². The first-order chi connectivity index (χ1) is 8.81. The van der Waals surface area contributed by atoms with Crippen molar-refractivity contribution in [3.05, 3.63) is 0 Å². The Morgan fingerprint density at radius 1 is 1.16 bits per heavy atom. The highest BCUT2D eigenvalue weighted by Gasteiger charge is 2.31. The lowest BCUT2D eigenvalue weighted by atomic mass is 9.87. The minimum absolute atomic E-state index is 0.108. The Morgan fingerprint density at radius 2 is 1.74 bits per heavy atom. The van der Waals surface area contributed by atoms with E-state index in [0.29, 0.717) is 25.7 Å². The second kappa shape index (κ2) is 6.98. The van der Waals surface area contributed by atoms with Gasteiger partial charge in [0.2, 0.25) is 0 Å². The summed E-state index contributed by atoms with van der Waals surface area (Å²) in [6, 6.07) is -0.216. The van der Waals surface area contributed by atoms with Crippen LogP contribution in [0.25, 0.3) is 0 Å². The van der Waals surface area contributed by atoms with Gasteiger partial charge < -0.3 is 14.2 Å². The molecule has 1 aliphatic carbocycles. The average Bonchev–Trinajstić information content (AvgIpc) is 2.27. The highest BCUT2D eigenvalue weighted by atomic mass is 35.5. The summed E-state index contributed by atoms with van der Waals surface area (Å²) in [5, 5.41) is 0. The van der Waals surface area contributed by atoms with Gasteiger partial charge in [0.1, 0.15) is 11.7 Å². The molecule has 0 bridgehead atoms. The molecule has 110 valence electrons. The summed E-state index contributed by atoms with van der Waals surface area (Å²) in [5.74, 6) is -0.280. The molecule has 19 heavy (non-hydrogen) atoms. The maximum Gasteiger partial charge on any atom is 0.509 e. The largest absolute Gasteiger partial charge is 0.509 e. The molecule has 1 rings (SSSR count). The van der Waals surface area contributed by atoms with Gasteiger partial charge in [0, 0.05) is 0 Å². The smallest absolute Gasteiger partial charge is 0.460 e. The van der Waals surface area contributed by atoms with Crippen LogP contribution in [0.15, 0.2) is 0 Å². The molecule has 0 unspecified atom stereocenters. The Kier molecular flexibility index (Phi) is 5.91. The number of hydrogen-bond donors (Lipinski definition) is 0. The quantitative estimate of drug-likeness (QED) is 0.590. The van der Waals surface area contributed by atoms with E-state index in [1.807, 2.05) is 20.8 Å². The number of halogens is 1. The van der Waals surface area contributed by atoms with Crippen molar-refractivity contribution in [2.45, 2.75) is 58.2 Å². The van der Waals surface area contributed by atoms with Crippen molar-refractivity contribution >= 4 is 23.7 Å². The number of ether oxygens (including phenoxy) is 3. The van der Waals surface area contributed by atoms with Gasteiger partial charge in [-0.05, 0) is 46.5 Å². The number of esters is 1. The first-order valence-corrected chi connectivity index (χ1v) is 6.97. The van der Waals surface area contributed by atoms with Crippen molar-refractivity contribution in [1.29, 1.82) is 0 Å². The molecular formula is C13H21ClO5. The molecule has 0 heterocycles. The van der Waals surface area contributed by atoms with Gasteiger partial charge in [-0.25, -0.2) is 4.79 Å². The summed E-state index contributed by atoms with van der Waals surface area (Å²) >= 11 is 5.26. The maximum absolute atomic E-state index is 11.9. The van der Waals surface area contributed by atoms with E-state index >= 15 is 0 Å². The van der Waals surface area contributed by atoms with Gasteiger partial charge in [0.05, 0.1) is 5.92 Å². The highest BCUT2D eigenvalue weighted by molar-refractivity contribution is 6.17. The molecule has 0 spiro atoms. The molecule has 1 fully saturated rings. The van der Waals surface area contributed by atoms with Gasteiger partial charge in [-0.1, -0.05) is 11.6 Å². The Labute approximate surface area is 118 Å². The van der Waals surface area contributed by atoms with Gasteiger partial charge in [-0.3, -0.25) is 4.79 Å². The normalized spacial score (nSPS) is 23.6. The molecule has 0 amide bonds. The molecule has 0 aromatic carbocycles. The second-order valence-corrected chi connectivity index (χ2v) is 5.85. The number of carbonyl (C=O) groups is 2. The van der Waals surface area contributed by atoms with Crippen LogP contribution in [0.4, 0.5) is 4.79 Å². The number of alkyl halides is 1. The van der Waals surface area contributed by atoms with E-state index in [-0.39, 0.29) is 24.1 Å². The lowest BCUT2D eigenvalue weighted by Gasteiger charge is -2.29. The predicted molar refractivity (Wildman–Crippen MR) is 69.9 cm³/mol. The van der Waals surface area contributed by atoms with Crippen LogP contribution in [-0.4, -0.2) is 29.9 Å². The molecule has 0 saturated heterocycles. The van der Waals surface area contributed by atoms with Crippen molar-refractivity contribution in [3.8, 4) is 0 Å². The molecule has 5 nitrogen and oxygen atoms in total. The van der Waals surface area contributed by atoms with Crippen LogP contribution < -0.4 is 0 Å². The van der Waals surface area contributed by atoms with Gasteiger partial charge in [0.25, 0.3) is 0 Å². The van der Waals surface area contributed by atoms with E-state index in [2.05, 4.69) is 4.74 Å². The second-order valence-electron chi connectivity index (χ2n) is 5.63. The Bertz CT molecular complexity index is 315. The van der Waals surface area contributed by atoms with Crippen LogP contribution in [0.3, 0.4) is 0 Å². The van der Waals surface area contributed by atoms with Crippen molar-refractivity contribution in [1.82, 2.24) is 0 Å². The summed E-state index contributed by atoms with van der Waals surface area (Å²) in [7, 11) is 0. The molecule has 1 aliphatic rings. The summed E-state index contributed by atoms with van der Waals surface area (Å²) in [6.07, 6.45) is 1.65. The number of hydrogen-bond acceptors (Lipinski definition) is 5. The zero-order valence-corrected chi connectivity index (χ0v) is 12.4. The van der Waals surface area contributed by atoms with Crippen molar-refractivity contribution in [3.63, 3.8) is 0 Å². The first-order valence-electron chi connectivity index (χ1n) is 6.44. The third kappa shape index (κ3) is 6.14. The number of rotatable bonds is 3. The highest BCUT2D eigenvalue weighted by Crippen LogP contribution is 2.28. The van der Waals surface area contributed by atoms with Crippen molar-refractivity contribution in [2.24, 2.45) is 5.92 Å². The van der Waals surface area contributed by atoms with E-state index in [9.17, 15) is 9.59 Å². The van der Waals surface area contributed by atoms with Gasteiger partial charge in [-0.2, -0.15) is 0 Å². The lowest BCUT2D eigenvalue weighted by molar-refractivity contribution is -0.161. The molecule has 0 radical (unpaired) electrons. The van der Waals surface area contributed by atoms with Gasteiger partial charge in [0.15, 0.2) is 6.07 Å². The summed E-state index contributed by atoms with van der Waals surface area (Å²) in [6.45, 7) is 5.55. The van der Waals surface area contributed by atoms with Crippen LogP contribution in [0, 0.1) is 5.92 Å². The molecule has 0 N–H and O–H groups in total. The molecular weight excluding hydrogens is 272 g/mol. The van der Waals surface area contributed by atoms with E-state index in [4.69, 9.17) is 21.1 Å². The fourth-order valence-electron chi connectivity index (χ4n) is 2.02. The number of carbonyl (C=O) groups excluding carboxylic acids is 2.